The molecule has 0 aromatic heterocycles. The lowest BCUT2D eigenvalue weighted by atomic mass is 10.3. The Labute approximate surface area is 69.1 Å². The molecular weight excluding hydrogens is 142 g/mol. The number of hydrogen-bond acceptors (Lipinski definition) is 3. The van der Waals surface area contributed by atoms with Crippen LogP contribution in [0.5, 0.6) is 0 Å². The van der Waals surface area contributed by atoms with Gasteiger partial charge in [0.15, 0.2) is 0 Å². The van der Waals surface area contributed by atoms with Crippen LogP contribution in [-0.4, -0.2) is 39.5 Å². The molecule has 1 saturated heterocycles. The highest BCUT2D eigenvalue weighted by Gasteiger charge is 2.11. The lowest BCUT2D eigenvalue weighted by molar-refractivity contribution is -0.0858. The summed E-state index contributed by atoms with van der Waals surface area (Å²) in [5, 5.41) is 3.03. The first-order valence-electron chi connectivity index (χ1n) is 4.27. The van der Waals surface area contributed by atoms with Gasteiger partial charge in [0.25, 0.3) is 0 Å². The Morgan fingerprint density at radius 3 is 2.55 bits per heavy atom. The molecule has 0 aliphatic carbocycles. The second-order valence-corrected chi connectivity index (χ2v) is 2.13. The maximum absolute atomic E-state index is 5.33. The van der Waals surface area contributed by atoms with Crippen molar-refractivity contribution in [3.05, 3.63) is 0 Å². The van der Waals surface area contributed by atoms with Crippen molar-refractivity contribution in [2.45, 2.75) is 20.0 Å². The Hall–Kier alpha value is -0.120. The van der Waals surface area contributed by atoms with E-state index < -0.39 is 0 Å². The summed E-state index contributed by atoms with van der Waals surface area (Å²) < 4.78 is 10.5. The third-order valence-electron chi connectivity index (χ3n) is 1.32. The van der Waals surface area contributed by atoms with Crippen molar-refractivity contribution in [2.24, 2.45) is 0 Å². The molecule has 0 radical (unpaired) electrons. The normalized spacial score (nSPS) is 23.7. The molecule has 0 aromatic carbocycles. The van der Waals surface area contributed by atoms with E-state index in [1.807, 2.05) is 20.9 Å². The molecule has 1 rings (SSSR count). The molecule has 1 N–H and O–H groups in total. The molecule has 0 amide bonds. The molecule has 1 aliphatic heterocycles. The van der Waals surface area contributed by atoms with E-state index in [4.69, 9.17) is 9.47 Å². The van der Waals surface area contributed by atoms with Gasteiger partial charge in [-0.15, -0.1) is 0 Å². The number of ether oxygens (including phenoxy) is 2. The molecule has 0 aromatic rings. The van der Waals surface area contributed by atoms with Gasteiger partial charge in [-0.25, -0.2) is 0 Å². The van der Waals surface area contributed by atoms with Crippen LogP contribution in [-0.2, 0) is 9.47 Å². The monoisotopic (exact) mass is 161 g/mol. The highest BCUT2D eigenvalue weighted by molar-refractivity contribution is 4.61. The molecular formula is C8H19NO2. The smallest absolute Gasteiger partial charge is 0.0933 e. The van der Waals surface area contributed by atoms with E-state index in [1.54, 1.807) is 0 Å². The van der Waals surface area contributed by atoms with Crippen LogP contribution in [0, 0.1) is 0 Å². The average molecular weight is 161 g/mol. The van der Waals surface area contributed by atoms with Crippen molar-refractivity contribution in [3.63, 3.8) is 0 Å². The molecule has 0 saturated carbocycles. The Morgan fingerprint density at radius 2 is 2.09 bits per heavy atom. The Bertz CT molecular complexity index is 69.7. The molecule has 1 atom stereocenters. The molecule has 0 bridgehead atoms. The summed E-state index contributed by atoms with van der Waals surface area (Å²) in [5.41, 5.74) is 0. The van der Waals surface area contributed by atoms with E-state index in [2.05, 4.69) is 5.32 Å². The summed E-state index contributed by atoms with van der Waals surface area (Å²) in [6.45, 7) is 7.12. The Morgan fingerprint density at radius 1 is 1.36 bits per heavy atom. The zero-order chi connectivity index (χ0) is 8.53. The van der Waals surface area contributed by atoms with Gasteiger partial charge in [-0.05, 0) is 7.05 Å². The van der Waals surface area contributed by atoms with Gasteiger partial charge < -0.3 is 14.8 Å². The molecule has 3 heteroatoms. The van der Waals surface area contributed by atoms with Gasteiger partial charge >= 0.3 is 0 Å². The lowest BCUT2D eigenvalue weighted by Crippen LogP contribution is -2.35. The summed E-state index contributed by atoms with van der Waals surface area (Å²) >= 11 is 0. The summed E-state index contributed by atoms with van der Waals surface area (Å²) in [6, 6.07) is 0. The zero-order valence-corrected chi connectivity index (χ0v) is 7.72. The molecule has 1 fully saturated rings. The molecule has 68 valence electrons. The molecule has 1 unspecified atom stereocenters. The van der Waals surface area contributed by atoms with Crippen molar-refractivity contribution in [3.8, 4) is 0 Å². The molecule has 0 spiro atoms. The molecule has 11 heavy (non-hydrogen) atoms. The van der Waals surface area contributed by atoms with Gasteiger partial charge in [0, 0.05) is 6.54 Å². The van der Waals surface area contributed by atoms with Crippen molar-refractivity contribution >= 4 is 0 Å². The van der Waals surface area contributed by atoms with E-state index in [1.165, 1.54) is 0 Å². The van der Waals surface area contributed by atoms with Crippen LogP contribution in [0.15, 0.2) is 0 Å². The average Bonchev–Trinajstić information content (AvgIpc) is 2.11. The quantitative estimate of drug-likeness (QED) is 0.645. The van der Waals surface area contributed by atoms with Gasteiger partial charge in [0.05, 0.1) is 25.9 Å². The fraction of sp³-hybridized carbons (Fsp3) is 1.00. The second kappa shape index (κ2) is 7.98. The van der Waals surface area contributed by atoms with Crippen molar-refractivity contribution < 1.29 is 9.47 Å². The zero-order valence-electron chi connectivity index (χ0n) is 7.72. The largest absolute Gasteiger partial charge is 0.376 e. The SMILES string of the molecule is CC.CNCC1COCCO1. The first-order valence-corrected chi connectivity index (χ1v) is 4.27. The van der Waals surface area contributed by atoms with Crippen molar-refractivity contribution in [1.82, 2.24) is 5.32 Å². The lowest BCUT2D eigenvalue weighted by Gasteiger charge is -2.22. The third kappa shape index (κ3) is 5.18. The van der Waals surface area contributed by atoms with E-state index in [9.17, 15) is 0 Å². The highest BCUT2D eigenvalue weighted by atomic mass is 16.6. The Kier molecular flexibility index (Phi) is 7.89. The summed E-state index contributed by atoms with van der Waals surface area (Å²) in [7, 11) is 1.91. The van der Waals surface area contributed by atoms with E-state index in [-0.39, 0.29) is 6.10 Å². The minimum absolute atomic E-state index is 0.267. The van der Waals surface area contributed by atoms with Crippen molar-refractivity contribution in [2.75, 3.05) is 33.4 Å². The maximum atomic E-state index is 5.33. The van der Waals surface area contributed by atoms with Crippen LogP contribution in [0.1, 0.15) is 13.8 Å². The van der Waals surface area contributed by atoms with Crippen LogP contribution >= 0.6 is 0 Å². The van der Waals surface area contributed by atoms with Crippen LogP contribution in [0.3, 0.4) is 0 Å². The maximum Gasteiger partial charge on any atom is 0.0933 e. The van der Waals surface area contributed by atoms with Gasteiger partial charge in [0.2, 0.25) is 0 Å². The number of rotatable bonds is 2. The Balaban J connectivity index is 0.000000461. The topological polar surface area (TPSA) is 30.5 Å². The fourth-order valence-corrected chi connectivity index (χ4v) is 0.882. The highest BCUT2D eigenvalue weighted by Crippen LogP contribution is 1.97. The molecule has 3 nitrogen and oxygen atoms in total. The van der Waals surface area contributed by atoms with Crippen LogP contribution < -0.4 is 5.32 Å². The number of nitrogens with one attached hydrogen (secondary N) is 1. The molecule has 1 aliphatic rings. The van der Waals surface area contributed by atoms with Gasteiger partial charge in [-0.3, -0.25) is 0 Å². The predicted molar refractivity (Wildman–Crippen MR) is 45.8 cm³/mol. The minimum atomic E-state index is 0.267. The second-order valence-electron chi connectivity index (χ2n) is 2.13. The van der Waals surface area contributed by atoms with Gasteiger partial charge in [-0.1, -0.05) is 13.8 Å². The van der Waals surface area contributed by atoms with E-state index in [0.29, 0.717) is 0 Å². The van der Waals surface area contributed by atoms with Gasteiger partial charge in [-0.2, -0.15) is 0 Å². The molecule has 1 heterocycles. The number of likely N-dealkylation sites (N-methyl/N-ethyl adjacent to an activating group) is 1. The predicted octanol–water partition coefficient (Wildman–Crippen LogP) is 0.647. The minimum Gasteiger partial charge on any atom is -0.376 e. The fourth-order valence-electron chi connectivity index (χ4n) is 0.882. The van der Waals surface area contributed by atoms with Crippen molar-refractivity contribution in [1.29, 1.82) is 0 Å². The third-order valence-corrected chi connectivity index (χ3v) is 1.32. The van der Waals surface area contributed by atoms with Gasteiger partial charge in [0.1, 0.15) is 0 Å². The standard InChI is InChI=1S/C6H13NO2.C2H6/c1-7-4-6-5-8-2-3-9-6;1-2/h6-7H,2-5H2,1H3;1-2H3. The van der Waals surface area contributed by atoms with Crippen LogP contribution in [0.2, 0.25) is 0 Å². The number of hydrogen-bond donors (Lipinski definition) is 1. The summed E-state index contributed by atoms with van der Waals surface area (Å²) in [5.74, 6) is 0. The first kappa shape index (κ1) is 10.9. The van der Waals surface area contributed by atoms with E-state index in [0.717, 1.165) is 26.4 Å². The summed E-state index contributed by atoms with van der Waals surface area (Å²) in [4.78, 5) is 0. The van der Waals surface area contributed by atoms with Crippen LogP contribution in [0.4, 0.5) is 0 Å². The first-order chi connectivity index (χ1) is 5.43. The van der Waals surface area contributed by atoms with Crippen LogP contribution in [0.25, 0.3) is 0 Å². The summed E-state index contributed by atoms with van der Waals surface area (Å²) in [6.07, 6.45) is 0.267. The van der Waals surface area contributed by atoms with E-state index >= 15 is 0 Å².